The van der Waals surface area contributed by atoms with Crippen LogP contribution in [0.1, 0.15) is 6.42 Å². The number of hydrogen-bond acceptors (Lipinski definition) is 3. The summed E-state index contributed by atoms with van der Waals surface area (Å²) >= 11 is 5.76. The van der Waals surface area contributed by atoms with Gasteiger partial charge in [0.15, 0.2) is 5.79 Å². The quantitative estimate of drug-likeness (QED) is 0.534. The maximum atomic E-state index is 5.76. The van der Waals surface area contributed by atoms with Gasteiger partial charge in [0.1, 0.15) is 5.76 Å². The van der Waals surface area contributed by atoms with Crippen molar-refractivity contribution in [3.05, 3.63) is 23.5 Å². The Morgan fingerprint density at radius 2 is 2.00 bits per heavy atom. The maximum Gasteiger partial charge on any atom is 0.194 e. The second-order valence-corrected chi connectivity index (χ2v) is 3.33. The molecule has 1 aliphatic carbocycles. The van der Waals surface area contributed by atoms with E-state index in [1.54, 1.807) is 21.3 Å². The minimum atomic E-state index is -0.732. The molecule has 1 rings (SSSR count). The maximum absolute atomic E-state index is 5.76. The molecule has 80 valence electrons. The van der Waals surface area contributed by atoms with Crippen LogP contribution in [0.3, 0.4) is 0 Å². The monoisotopic (exact) mass is 218 g/mol. The number of methoxy groups -OCH3 is 3. The highest BCUT2D eigenvalue weighted by Gasteiger charge is 2.32. The van der Waals surface area contributed by atoms with Crippen LogP contribution in [0.15, 0.2) is 23.5 Å². The zero-order chi connectivity index (χ0) is 10.6. The standard InChI is InChI=1S/C10H15ClO3/c1-12-9-4-8(7-11)5-10(6-9,13-2)14-3/h4-5H,6-7H2,1-3H3. The Labute approximate surface area is 89.3 Å². The van der Waals surface area contributed by atoms with Crippen LogP contribution in [0.4, 0.5) is 0 Å². The fourth-order valence-electron chi connectivity index (χ4n) is 1.43. The van der Waals surface area contributed by atoms with Crippen LogP contribution in [0.5, 0.6) is 0 Å². The first-order valence-electron chi connectivity index (χ1n) is 4.32. The summed E-state index contributed by atoms with van der Waals surface area (Å²) in [5.41, 5.74) is 0.943. The number of halogens is 1. The molecule has 0 bridgehead atoms. The van der Waals surface area contributed by atoms with Crippen LogP contribution in [0, 0.1) is 0 Å². The molecule has 0 fully saturated rings. The molecule has 0 radical (unpaired) electrons. The second-order valence-electron chi connectivity index (χ2n) is 3.06. The molecule has 4 heteroatoms. The zero-order valence-electron chi connectivity index (χ0n) is 8.67. The lowest BCUT2D eigenvalue weighted by atomic mass is 10.0. The molecule has 0 amide bonds. The van der Waals surface area contributed by atoms with Crippen molar-refractivity contribution in [2.24, 2.45) is 0 Å². The van der Waals surface area contributed by atoms with Crippen LogP contribution in [-0.2, 0) is 14.2 Å². The molecule has 0 aromatic heterocycles. The van der Waals surface area contributed by atoms with Gasteiger partial charge in [0.25, 0.3) is 0 Å². The largest absolute Gasteiger partial charge is 0.501 e. The number of rotatable bonds is 4. The number of hydrogen-bond donors (Lipinski definition) is 0. The summed E-state index contributed by atoms with van der Waals surface area (Å²) < 4.78 is 15.8. The molecule has 0 saturated carbocycles. The fraction of sp³-hybridized carbons (Fsp3) is 0.600. The molecule has 0 aromatic rings. The molecule has 0 aliphatic heterocycles. The van der Waals surface area contributed by atoms with Crippen molar-refractivity contribution in [2.75, 3.05) is 27.2 Å². The summed E-state index contributed by atoms with van der Waals surface area (Å²) in [5.74, 6) is 0.498. The Bertz CT molecular complexity index is 254. The van der Waals surface area contributed by atoms with Gasteiger partial charge in [-0.05, 0) is 17.7 Å². The topological polar surface area (TPSA) is 27.7 Å². The highest BCUT2D eigenvalue weighted by molar-refractivity contribution is 6.19. The van der Waals surface area contributed by atoms with Crippen molar-refractivity contribution >= 4 is 11.6 Å². The third kappa shape index (κ3) is 2.29. The summed E-state index contributed by atoms with van der Waals surface area (Å²) in [5, 5.41) is 0. The minimum Gasteiger partial charge on any atom is -0.501 e. The van der Waals surface area contributed by atoms with Gasteiger partial charge in [-0.2, -0.15) is 0 Å². The van der Waals surface area contributed by atoms with E-state index >= 15 is 0 Å². The van der Waals surface area contributed by atoms with Crippen molar-refractivity contribution in [2.45, 2.75) is 12.2 Å². The number of alkyl halides is 1. The number of allylic oxidation sites excluding steroid dienone is 2. The summed E-state index contributed by atoms with van der Waals surface area (Å²) in [7, 11) is 4.83. The van der Waals surface area contributed by atoms with Gasteiger partial charge in [-0.25, -0.2) is 0 Å². The average Bonchev–Trinajstić information content (AvgIpc) is 2.28. The van der Waals surface area contributed by atoms with E-state index in [1.165, 1.54) is 0 Å². The summed E-state index contributed by atoms with van der Waals surface area (Å²) in [6.45, 7) is 0. The molecule has 0 N–H and O–H groups in total. The van der Waals surface area contributed by atoms with E-state index in [4.69, 9.17) is 25.8 Å². The first-order valence-corrected chi connectivity index (χ1v) is 4.85. The van der Waals surface area contributed by atoms with Crippen molar-refractivity contribution < 1.29 is 14.2 Å². The van der Waals surface area contributed by atoms with Gasteiger partial charge in [0.05, 0.1) is 13.5 Å². The highest BCUT2D eigenvalue weighted by Crippen LogP contribution is 2.30. The molecule has 0 unspecified atom stereocenters. The van der Waals surface area contributed by atoms with Crippen LogP contribution in [0.25, 0.3) is 0 Å². The van der Waals surface area contributed by atoms with Gasteiger partial charge in [-0.3, -0.25) is 0 Å². The van der Waals surface area contributed by atoms with Crippen LogP contribution in [0.2, 0.25) is 0 Å². The van der Waals surface area contributed by atoms with Gasteiger partial charge < -0.3 is 14.2 Å². The van der Waals surface area contributed by atoms with Gasteiger partial charge in [0.2, 0.25) is 0 Å². The third-order valence-corrected chi connectivity index (χ3v) is 2.59. The lowest BCUT2D eigenvalue weighted by Gasteiger charge is -2.31. The van der Waals surface area contributed by atoms with E-state index in [-0.39, 0.29) is 0 Å². The molecule has 0 spiro atoms. The Morgan fingerprint density at radius 1 is 1.36 bits per heavy atom. The Balaban J connectivity index is 2.94. The van der Waals surface area contributed by atoms with E-state index in [9.17, 15) is 0 Å². The van der Waals surface area contributed by atoms with Crippen molar-refractivity contribution in [1.82, 2.24) is 0 Å². The van der Waals surface area contributed by atoms with E-state index in [0.29, 0.717) is 12.3 Å². The molecular weight excluding hydrogens is 204 g/mol. The number of ether oxygens (including phenoxy) is 3. The average molecular weight is 219 g/mol. The van der Waals surface area contributed by atoms with Gasteiger partial charge >= 0.3 is 0 Å². The molecular formula is C10H15ClO3. The van der Waals surface area contributed by atoms with Crippen molar-refractivity contribution in [3.8, 4) is 0 Å². The molecule has 1 aliphatic rings. The molecule has 0 atom stereocenters. The third-order valence-electron chi connectivity index (χ3n) is 2.28. The van der Waals surface area contributed by atoms with Crippen LogP contribution >= 0.6 is 11.6 Å². The molecule has 14 heavy (non-hydrogen) atoms. The summed E-state index contributed by atoms with van der Waals surface area (Å²) in [4.78, 5) is 0. The Kier molecular flexibility index (Phi) is 3.98. The predicted octanol–water partition coefficient (Wildman–Crippen LogP) is 2.07. The summed E-state index contributed by atoms with van der Waals surface area (Å²) in [6.07, 6.45) is 4.35. The summed E-state index contributed by atoms with van der Waals surface area (Å²) in [6, 6.07) is 0. The Hall–Kier alpha value is -0.510. The van der Waals surface area contributed by atoms with E-state index in [2.05, 4.69) is 0 Å². The predicted molar refractivity (Wildman–Crippen MR) is 55.3 cm³/mol. The van der Waals surface area contributed by atoms with E-state index in [0.717, 1.165) is 11.3 Å². The molecule has 0 saturated heterocycles. The van der Waals surface area contributed by atoms with Gasteiger partial charge in [0, 0.05) is 20.1 Å². The minimum absolute atomic E-state index is 0.418. The van der Waals surface area contributed by atoms with Crippen molar-refractivity contribution in [3.63, 3.8) is 0 Å². The SMILES string of the molecule is COC1=CC(CCl)=CC(OC)(OC)C1. The van der Waals surface area contributed by atoms with E-state index < -0.39 is 5.79 Å². The van der Waals surface area contributed by atoms with Crippen LogP contribution < -0.4 is 0 Å². The zero-order valence-corrected chi connectivity index (χ0v) is 9.43. The first kappa shape index (κ1) is 11.6. The normalized spacial score (nSPS) is 20.0. The van der Waals surface area contributed by atoms with Gasteiger partial charge in [-0.15, -0.1) is 11.6 Å². The lowest BCUT2D eigenvalue weighted by Crippen LogP contribution is -2.34. The van der Waals surface area contributed by atoms with Gasteiger partial charge in [-0.1, -0.05) is 0 Å². The second kappa shape index (κ2) is 4.82. The first-order chi connectivity index (χ1) is 6.69. The lowest BCUT2D eigenvalue weighted by molar-refractivity contribution is -0.174. The van der Waals surface area contributed by atoms with Crippen LogP contribution in [-0.4, -0.2) is 33.0 Å². The highest BCUT2D eigenvalue weighted by atomic mass is 35.5. The molecule has 0 aromatic carbocycles. The fourth-order valence-corrected chi connectivity index (χ4v) is 1.58. The Morgan fingerprint density at radius 3 is 2.43 bits per heavy atom. The molecule has 3 nitrogen and oxygen atoms in total. The molecule has 0 heterocycles. The van der Waals surface area contributed by atoms with Crippen molar-refractivity contribution in [1.29, 1.82) is 0 Å². The smallest absolute Gasteiger partial charge is 0.194 e. The van der Waals surface area contributed by atoms with E-state index in [1.807, 2.05) is 12.2 Å².